The Kier molecular flexibility index (Phi) is 4.92. The predicted molar refractivity (Wildman–Crippen MR) is 75.0 cm³/mol. The standard InChI is InChI=1S/C15H17FN2O2/c1-19-12-7-8-13(14(16)9-12)15(18-17)10-20-11-5-3-2-4-6-11/h2-9,15,18H,10,17H2,1H3. The molecule has 0 heterocycles. The maximum atomic E-state index is 14.0. The van der Waals surface area contributed by atoms with Gasteiger partial charge in [-0.25, -0.2) is 9.82 Å². The van der Waals surface area contributed by atoms with Crippen molar-refractivity contribution in [2.75, 3.05) is 13.7 Å². The zero-order valence-corrected chi connectivity index (χ0v) is 11.2. The lowest BCUT2D eigenvalue weighted by Crippen LogP contribution is -2.33. The van der Waals surface area contributed by atoms with Gasteiger partial charge in [0.05, 0.1) is 13.2 Å². The zero-order chi connectivity index (χ0) is 14.4. The number of hydrogen-bond donors (Lipinski definition) is 2. The number of hydrazine groups is 1. The first-order valence-corrected chi connectivity index (χ1v) is 6.22. The van der Waals surface area contributed by atoms with Gasteiger partial charge in [-0.15, -0.1) is 0 Å². The normalized spacial score (nSPS) is 11.9. The molecule has 0 bridgehead atoms. The fourth-order valence-corrected chi connectivity index (χ4v) is 1.84. The van der Waals surface area contributed by atoms with Gasteiger partial charge in [-0.05, 0) is 18.2 Å². The molecule has 0 aromatic heterocycles. The number of nitrogens with one attached hydrogen (secondary N) is 1. The Morgan fingerprint density at radius 3 is 2.50 bits per heavy atom. The van der Waals surface area contributed by atoms with Crippen LogP contribution in [-0.2, 0) is 0 Å². The van der Waals surface area contributed by atoms with Crippen LogP contribution in [0.3, 0.4) is 0 Å². The smallest absolute Gasteiger partial charge is 0.131 e. The van der Waals surface area contributed by atoms with Gasteiger partial charge in [0.2, 0.25) is 0 Å². The lowest BCUT2D eigenvalue weighted by atomic mass is 10.1. The molecule has 0 saturated carbocycles. The molecule has 0 saturated heterocycles. The highest BCUT2D eigenvalue weighted by Gasteiger charge is 2.16. The zero-order valence-electron chi connectivity index (χ0n) is 11.2. The van der Waals surface area contributed by atoms with Crippen molar-refractivity contribution in [3.8, 4) is 11.5 Å². The van der Waals surface area contributed by atoms with Gasteiger partial charge in [0, 0.05) is 11.6 Å². The topological polar surface area (TPSA) is 56.5 Å². The summed E-state index contributed by atoms with van der Waals surface area (Å²) in [4.78, 5) is 0. The minimum atomic E-state index is -0.443. The second-order valence-corrected chi connectivity index (χ2v) is 4.23. The van der Waals surface area contributed by atoms with Crippen molar-refractivity contribution in [3.63, 3.8) is 0 Å². The third kappa shape index (κ3) is 3.46. The Bertz CT molecular complexity index is 549. The van der Waals surface area contributed by atoms with Crippen LogP contribution in [0, 0.1) is 5.82 Å². The third-order valence-electron chi connectivity index (χ3n) is 2.94. The summed E-state index contributed by atoms with van der Waals surface area (Å²) in [6.07, 6.45) is 0. The second-order valence-electron chi connectivity index (χ2n) is 4.23. The molecule has 2 aromatic carbocycles. The fourth-order valence-electron chi connectivity index (χ4n) is 1.84. The number of halogens is 1. The van der Waals surface area contributed by atoms with Gasteiger partial charge < -0.3 is 9.47 Å². The quantitative estimate of drug-likeness (QED) is 0.628. The Morgan fingerprint density at radius 2 is 1.90 bits per heavy atom. The molecule has 4 nitrogen and oxygen atoms in total. The van der Waals surface area contributed by atoms with E-state index in [0.717, 1.165) is 0 Å². The average molecular weight is 276 g/mol. The van der Waals surface area contributed by atoms with Gasteiger partial charge in [0.25, 0.3) is 0 Å². The first-order valence-electron chi connectivity index (χ1n) is 6.22. The van der Waals surface area contributed by atoms with Gasteiger partial charge in [0.1, 0.15) is 23.9 Å². The molecule has 2 rings (SSSR count). The van der Waals surface area contributed by atoms with Crippen LogP contribution in [0.1, 0.15) is 11.6 Å². The average Bonchev–Trinajstić information content (AvgIpc) is 2.50. The number of rotatable bonds is 6. The molecule has 3 N–H and O–H groups in total. The fraction of sp³-hybridized carbons (Fsp3) is 0.200. The molecular formula is C15H17FN2O2. The first-order chi connectivity index (χ1) is 9.74. The van der Waals surface area contributed by atoms with E-state index in [1.165, 1.54) is 13.2 Å². The number of ether oxygens (including phenoxy) is 2. The van der Waals surface area contributed by atoms with Crippen LogP contribution in [0.15, 0.2) is 48.5 Å². The van der Waals surface area contributed by atoms with Gasteiger partial charge in [-0.3, -0.25) is 5.84 Å². The van der Waals surface area contributed by atoms with Crippen LogP contribution in [0.2, 0.25) is 0 Å². The molecule has 0 amide bonds. The van der Waals surface area contributed by atoms with Crippen molar-refractivity contribution >= 4 is 0 Å². The molecule has 1 atom stereocenters. The Morgan fingerprint density at radius 1 is 1.15 bits per heavy atom. The van der Waals surface area contributed by atoms with Crippen LogP contribution in [0.25, 0.3) is 0 Å². The summed E-state index contributed by atoms with van der Waals surface area (Å²) < 4.78 is 24.5. The second kappa shape index (κ2) is 6.88. The van der Waals surface area contributed by atoms with E-state index in [1.807, 2.05) is 30.3 Å². The van der Waals surface area contributed by atoms with Gasteiger partial charge in [0.15, 0.2) is 0 Å². The largest absolute Gasteiger partial charge is 0.497 e. The Hall–Kier alpha value is -2.11. The van der Waals surface area contributed by atoms with E-state index < -0.39 is 6.04 Å². The first kappa shape index (κ1) is 14.3. The highest BCUT2D eigenvalue weighted by Crippen LogP contribution is 2.22. The van der Waals surface area contributed by atoms with E-state index in [0.29, 0.717) is 17.1 Å². The summed E-state index contributed by atoms with van der Waals surface area (Å²) in [5.74, 6) is 6.27. The minimum Gasteiger partial charge on any atom is -0.497 e. The van der Waals surface area contributed by atoms with E-state index in [9.17, 15) is 4.39 Å². The highest BCUT2D eigenvalue weighted by molar-refractivity contribution is 5.31. The van der Waals surface area contributed by atoms with E-state index in [-0.39, 0.29) is 12.4 Å². The number of para-hydroxylation sites is 1. The summed E-state index contributed by atoms with van der Waals surface area (Å²) in [6.45, 7) is 0.226. The number of nitrogens with two attached hydrogens (primary N) is 1. The van der Waals surface area contributed by atoms with E-state index in [2.05, 4.69) is 5.43 Å². The van der Waals surface area contributed by atoms with Crippen LogP contribution in [-0.4, -0.2) is 13.7 Å². The number of hydrogen-bond acceptors (Lipinski definition) is 4. The SMILES string of the molecule is COc1ccc(C(COc2ccccc2)NN)c(F)c1. The maximum Gasteiger partial charge on any atom is 0.131 e. The van der Waals surface area contributed by atoms with E-state index >= 15 is 0 Å². The maximum absolute atomic E-state index is 14.0. The summed E-state index contributed by atoms with van der Waals surface area (Å²) in [5.41, 5.74) is 3.00. The molecule has 0 aliphatic heterocycles. The molecular weight excluding hydrogens is 259 g/mol. The molecule has 0 radical (unpaired) electrons. The van der Waals surface area contributed by atoms with Crippen molar-refractivity contribution in [1.82, 2.24) is 5.43 Å². The van der Waals surface area contributed by atoms with Crippen molar-refractivity contribution in [2.45, 2.75) is 6.04 Å². The Labute approximate surface area is 117 Å². The van der Waals surface area contributed by atoms with Crippen molar-refractivity contribution in [1.29, 1.82) is 0 Å². The molecule has 106 valence electrons. The molecule has 0 aliphatic rings. The number of benzene rings is 2. The van der Waals surface area contributed by atoms with Crippen molar-refractivity contribution in [3.05, 3.63) is 59.9 Å². The van der Waals surface area contributed by atoms with Crippen LogP contribution in [0.4, 0.5) is 4.39 Å². The molecule has 1 unspecified atom stereocenters. The summed E-state index contributed by atoms with van der Waals surface area (Å²) >= 11 is 0. The molecule has 5 heteroatoms. The molecule has 0 aliphatic carbocycles. The summed E-state index contributed by atoms with van der Waals surface area (Å²) in [7, 11) is 1.49. The van der Waals surface area contributed by atoms with Crippen LogP contribution >= 0.6 is 0 Å². The van der Waals surface area contributed by atoms with E-state index in [1.54, 1.807) is 12.1 Å². The van der Waals surface area contributed by atoms with Crippen molar-refractivity contribution in [2.24, 2.45) is 5.84 Å². The van der Waals surface area contributed by atoms with Gasteiger partial charge in [-0.2, -0.15) is 0 Å². The van der Waals surface area contributed by atoms with Gasteiger partial charge >= 0.3 is 0 Å². The third-order valence-corrected chi connectivity index (χ3v) is 2.94. The lowest BCUT2D eigenvalue weighted by molar-refractivity contribution is 0.264. The summed E-state index contributed by atoms with van der Waals surface area (Å²) in [6, 6.07) is 13.5. The number of methoxy groups -OCH3 is 1. The highest BCUT2D eigenvalue weighted by atomic mass is 19.1. The van der Waals surface area contributed by atoms with Crippen molar-refractivity contribution < 1.29 is 13.9 Å². The molecule has 2 aromatic rings. The monoisotopic (exact) mass is 276 g/mol. The predicted octanol–water partition coefficient (Wildman–Crippen LogP) is 2.42. The Balaban J connectivity index is 2.08. The van der Waals surface area contributed by atoms with Crippen LogP contribution in [0.5, 0.6) is 11.5 Å². The van der Waals surface area contributed by atoms with Crippen LogP contribution < -0.4 is 20.7 Å². The van der Waals surface area contributed by atoms with E-state index in [4.69, 9.17) is 15.3 Å². The lowest BCUT2D eigenvalue weighted by Gasteiger charge is -2.18. The molecule has 0 spiro atoms. The van der Waals surface area contributed by atoms with Gasteiger partial charge in [-0.1, -0.05) is 24.3 Å². The molecule has 0 fully saturated rings. The summed E-state index contributed by atoms with van der Waals surface area (Å²) in [5, 5.41) is 0. The molecule has 20 heavy (non-hydrogen) atoms. The minimum absolute atomic E-state index is 0.226.